The minimum atomic E-state index is -0.378. The van der Waals surface area contributed by atoms with Crippen molar-refractivity contribution in [3.8, 4) is 5.75 Å². The van der Waals surface area contributed by atoms with Crippen LogP contribution in [0.5, 0.6) is 5.75 Å². The van der Waals surface area contributed by atoms with Crippen LogP contribution in [0, 0.1) is 23.2 Å². The monoisotopic (exact) mass is 440 g/mol. The van der Waals surface area contributed by atoms with Crippen molar-refractivity contribution in [3.05, 3.63) is 27.7 Å². The van der Waals surface area contributed by atoms with Gasteiger partial charge < -0.3 is 10.1 Å². The second kappa shape index (κ2) is 7.66. The Morgan fingerprint density at radius 1 is 1.18 bits per heavy atom. The summed E-state index contributed by atoms with van der Waals surface area (Å²) in [7, 11) is 1.47. The zero-order valence-corrected chi connectivity index (χ0v) is 18.5. The van der Waals surface area contributed by atoms with Gasteiger partial charge in [-0.1, -0.05) is 23.2 Å². The van der Waals surface area contributed by atoms with E-state index in [9.17, 15) is 4.79 Å². The van der Waals surface area contributed by atoms with Crippen molar-refractivity contribution in [1.82, 2.24) is 10.6 Å². The summed E-state index contributed by atoms with van der Waals surface area (Å²) in [6, 6.07) is 3.32. The van der Waals surface area contributed by atoms with Gasteiger partial charge in [-0.3, -0.25) is 10.1 Å². The molecule has 0 aliphatic heterocycles. The lowest BCUT2D eigenvalue weighted by molar-refractivity contribution is -0.0672. The van der Waals surface area contributed by atoms with Gasteiger partial charge in [0, 0.05) is 11.1 Å². The fourth-order valence-corrected chi connectivity index (χ4v) is 7.04. The Labute approximate surface area is 181 Å². The fourth-order valence-electron chi connectivity index (χ4n) is 6.20. The standard InChI is InChI=1S/C21H26Cl2N2O2S/c1-11(21-8-12-3-13(9-21)5-14(4-12)10-21)24-20(28)25-19(26)16-6-15(22)7-17(23)18(16)27-2/h6-7,11-14H,3-5,8-10H2,1-2H3,(H2,24,25,26,28)/t11-,12?,13?,14?,21?/m1/s1. The van der Waals surface area contributed by atoms with Gasteiger partial charge in [-0.25, -0.2) is 0 Å². The summed E-state index contributed by atoms with van der Waals surface area (Å²) in [5.41, 5.74) is 0.576. The molecule has 152 valence electrons. The molecule has 4 aliphatic rings. The number of methoxy groups -OCH3 is 1. The van der Waals surface area contributed by atoms with E-state index in [0.29, 0.717) is 26.3 Å². The molecule has 0 unspecified atom stereocenters. The van der Waals surface area contributed by atoms with Crippen molar-refractivity contribution in [2.75, 3.05) is 7.11 Å². The average Bonchev–Trinajstić information content (AvgIpc) is 2.59. The molecule has 0 radical (unpaired) electrons. The van der Waals surface area contributed by atoms with Gasteiger partial charge in [0.2, 0.25) is 0 Å². The van der Waals surface area contributed by atoms with Crippen LogP contribution >= 0.6 is 35.4 Å². The Balaban J connectivity index is 1.43. The number of ether oxygens (including phenoxy) is 1. The molecule has 1 amide bonds. The van der Waals surface area contributed by atoms with Gasteiger partial charge in [0.15, 0.2) is 5.11 Å². The fraction of sp³-hybridized carbons (Fsp3) is 0.619. The van der Waals surface area contributed by atoms with Gasteiger partial charge in [-0.05, 0) is 93.0 Å². The summed E-state index contributed by atoms with van der Waals surface area (Å²) in [4.78, 5) is 12.7. The van der Waals surface area contributed by atoms with E-state index in [1.807, 2.05) is 0 Å². The zero-order chi connectivity index (χ0) is 20.1. The molecule has 4 fully saturated rings. The number of halogens is 2. The molecule has 4 saturated carbocycles. The first-order valence-electron chi connectivity index (χ1n) is 9.94. The van der Waals surface area contributed by atoms with Crippen LogP contribution in [0.15, 0.2) is 12.1 Å². The van der Waals surface area contributed by atoms with Crippen molar-refractivity contribution < 1.29 is 9.53 Å². The van der Waals surface area contributed by atoms with Crippen LogP contribution in [0.25, 0.3) is 0 Å². The Morgan fingerprint density at radius 3 is 2.29 bits per heavy atom. The molecule has 2 N–H and O–H groups in total. The lowest BCUT2D eigenvalue weighted by Gasteiger charge is -2.59. The Kier molecular flexibility index (Phi) is 5.54. The summed E-state index contributed by atoms with van der Waals surface area (Å²) in [5, 5.41) is 7.17. The highest BCUT2D eigenvalue weighted by atomic mass is 35.5. The lowest BCUT2D eigenvalue weighted by atomic mass is 9.48. The van der Waals surface area contributed by atoms with E-state index in [0.717, 1.165) is 17.8 Å². The molecule has 4 bridgehead atoms. The van der Waals surface area contributed by atoms with Crippen LogP contribution in [0.1, 0.15) is 55.8 Å². The van der Waals surface area contributed by atoms with Gasteiger partial charge >= 0.3 is 0 Å². The van der Waals surface area contributed by atoms with Gasteiger partial charge in [0.25, 0.3) is 5.91 Å². The Morgan fingerprint density at radius 2 is 1.75 bits per heavy atom. The van der Waals surface area contributed by atoms with Crippen molar-refractivity contribution in [1.29, 1.82) is 0 Å². The van der Waals surface area contributed by atoms with Crippen molar-refractivity contribution in [3.63, 3.8) is 0 Å². The van der Waals surface area contributed by atoms with Crippen molar-refractivity contribution in [2.45, 2.75) is 51.5 Å². The maximum absolute atomic E-state index is 12.7. The molecule has 1 aromatic carbocycles. The highest BCUT2D eigenvalue weighted by Crippen LogP contribution is 2.61. The minimum Gasteiger partial charge on any atom is -0.494 e. The Hall–Kier alpha value is -1.04. The van der Waals surface area contributed by atoms with E-state index in [-0.39, 0.29) is 17.5 Å². The van der Waals surface area contributed by atoms with Gasteiger partial charge in [-0.15, -0.1) is 0 Å². The van der Waals surface area contributed by atoms with Gasteiger partial charge in [0.05, 0.1) is 17.7 Å². The van der Waals surface area contributed by atoms with E-state index in [2.05, 4.69) is 17.6 Å². The normalized spacial score (nSPS) is 31.4. The topological polar surface area (TPSA) is 50.4 Å². The zero-order valence-electron chi connectivity index (χ0n) is 16.2. The van der Waals surface area contributed by atoms with E-state index in [1.165, 1.54) is 51.7 Å². The quantitative estimate of drug-likeness (QED) is 0.630. The molecular formula is C21H26Cl2N2O2S. The number of thiocarbonyl (C=S) groups is 1. The first-order valence-corrected chi connectivity index (χ1v) is 11.1. The maximum Gasteiger partial charge on any atom is 0.261 e. The van der Waals surface area contributed by atoms with Gasteiger partial charge in [0.1, 0.15) is 5.75 Å². The predicted octanol–water partition coefficient (Wildman–Crippen LogP) is 5.21. The van der Waals surface area contributed by atoms with Crippen molar-refractivity contribution in [2.24, 2.45) is 23.2 Å². The molecule has 7 heteroatoms. The molecule has 4 nitrogen and oxygen atoms in total. The number of benzene rings is 1. The van der Waals surface area contributed by atoms with Crippen LogP contribution in [0.2, 0.25) is 10.0 Å². The smallest absolute Gasteiger partial charge is 0.261 e. The van der Waals surface area contributed by atoms with Crippen LogP contribution in [0.3, 0.4) is 0 Å². The summed E-state index contributed by atoms with van der Waals surface area (Å²) in [6.45, 7) is 2.21. The number of hydrogen-bond acceptors (Lipinski definition) is 3. The number of nitrogens with one attached hydrogen (secondary N) is 2. The van der Waals surface area contributed by atoms with Crippen molar-refractivity contribution >= 4 is 46.4 Å². The number of rotatable bonds is 4. The molecule has 0 saturated heterocycles. The second-order valence-corrected chi connectivity index (χ2v) is 10.1. The van der Waals surface area contributed by atoms with Crippen LogP contribution in [-0.4, -0.2) is 24.2 Å². The third kappa shape index (κ3) is 3.73. The van der Waals surface area contributed by atoms with E-state index < -0.39 is 0 Å². The van der Waals surface area contributed by atoms with E-state index in [4.69, 9.17) is 40.2 Å². The third-order valence-corrected chi connectivity index (χ3v) is 7.75. The van der Waals surface area contributed by atoms with Crippen LogP contribution < -0.4 is 15.4 Å². The largest absolute Gasteiger partial charge is 0.494 e. The molecular weight excluding hydrogens is 415 g/mol. The third-order valence-electron chi connectivity index (χ3n) is 7.04. The van der Waals surface area contributed by atoms with Gasteiger partial charge in [-0.2, -0.15) is 0 Å². The molecule has 1 atom stereocenters. The maximum atomic E-state index is 12.7. The molecule has 0 spiro atoms. The highest BCUT2D eigenvalue weighted by molar-refractivity contribution is 7.80. The average molecular weight is 441 g/mol. The summed E-state index contributed by atoms with van der Waals surface area (Å²) >= 11 is 17.6. The second-order valence-electron chi connectivity index (χ2n) is 8.90. The molecule has 1 aromatic rings. The number of carbonyl (C=O) groups excluding carboxylic acids is 1. The number of amides is 1. The van der Waals surface area contributed by atoms with E-state index >= 15 is 0 Å². The molecule has 4 aliphatic carbocycles. The molecule has 0 heterocycles. The summed E-state index contributed by atoms with van der Waals surface area (Å²) in [6.07, 6.45) is 8.05. The van der Waals surface area contributed by atoms with E-state index in [1.54, 1.807) is 6.07 Å². The lowest BCUT2D eigenvalue weighted by Crippen LogP contribution is -2.57. The predicted molar refractivity (Wildman–Crippen MR) is 116 cm³/mol. The minimum absolute atomic E-state index is 0.235. The summed E-state index contributed by atoms with van der Waals surface area (Å²) in [5.74, 6) is 2.53. The SMILES string of the molecule is COc1c(Cl)cc(Cl)cc1C(=O)NC(=S)N[C@H](C)C12CC3CC(CC(C3)C1)C2. The first-order chi connectivity index (χ1) is 13.3. The Bertz CT molecular complexity index is 779. The molecule has 28 heavy (non-hydrogen) atoms. The molecule has 0 aromatic heterocycles. The number of carbonyl (C=O) groups is 1. The summed E-state index contributed by atoms with van der Waals surface area (Å²) < 4.78 is 5.26. The number of hydrogen-bond donors (Lipinski definition) is 2. The molecule has 5 rings (SSSR count). The first kappa shape index (κ1) is 20.2. The van der Waals surface area contributed by atoms with Crippen LogP contribution in [0.4, 0.5) is 0 Å². The highest BCUT2D eigenvalue weighted by Gasteiger charge is 2.53. The van der Waals surface area contributed by atoms with Crippen LogP contribution in [-0.2, 0) is 0 Å².